The van der Waals surface area contributed by atoms with Crippen molar-refractivity contribution in [2.24, 2.45) is 5.92 Å². The summed E-state index contributed by atoms with van der Waals surface area (Å²) in [6.45, 7) is 1.62. The van der Waals surface area contributed by atoms with Crippen molar-refractivity contribution in [2.45, 2.75) is 25.3 Å². The van der Waals surface area contributed by atoms with Crippen molar-refractivity contribution in [3.05, 3.63) is 69.7 Å². The number of hydrogen-bond donors (Lipinski definition) is 1. The molecule has 0 fully saturated rings. The summed E-state index contributed by atoms with van der Waals surface area (Å²) < 4.78 is 6.66. The number of rotatable bonds is 3. The Balaban J connectivity index is 1.81. The zero-order valence-corrected chi connectivity index (χ0v) is 15.8. The first kappa shape index (κ1) is 16.4. The highest BCUT2D eigenvalue weighted by Crippen LogP contribution is 2.51. The summed E-state index contributed by atoms with van der Waals surface area (Å²) in [6, 6.07) is 12.3. The number of allylic oxidation sites excluding steroid dienone is 2. The molecule has 0 spiro atoms. The molecule has 25 heavy (non-hydrogen) atoms. The van der Waals surface area contributed by atoms with E-state index in [-0.39, 0.29) is 11.8 Å². The smallest absolute Gasteiger partial charge is 0.159 e. The first-order chi connectivity index (χ1) is 12.1. The second-order valence-corrected chi connectivity index (χ2v) is 7.64. The number of carbonyl (C=O) groups excluding carboxylic acids is 1. The van der Waals surface area contributed by atoms with Gasteiger partial charge in [0.05, 0.1) is 13.2 Å². The number of nitrogens with one attached hydrogen (secondary N) is 1. The standard InChI is InChI=1S/C21H20BrNO2/c1-12(24)13-6-8-19-17(10-13)15-4-3-5-16(15)21(23-19)18-11-14(22)7-9-20(18)25-2/h3-4,6-11,15-16,21,23H,5H2,1-2H3/t15-,16+,21+/m1/s1. The van der Waals surface area contributed by atoms with Gasteiger partial charge < -0.3 is 10.1 Å². The van der Waals surface area contributed by atoms with Crippen molar-refractivity contribution in [3.63, 3.8) is 0 Å². The number of halogens is 1. The van der Waals surface area contributed by atoms with Crippen molar-refractivity contribution in [1.29, 1.82) is 0 Å². The maximum Gasteiger partial charge on any atom is 0.159 e. The van der Waals surface area contributed by atoms with Gasteiger partial charge in [-0.15, -0.1) is 0 Å². The van der Waals surface area contributed by atoms with Crippen LogP contribution < -0.4 is 10.1 Å². The van der Waals surface area contributed by atoms with E-state index in [2.05, 4.69) is 39.5 Å². The zero-order chi connectivity index (χ0) is 17.6. The number of hydrogen-bond acceptors (Lipinski definition) is 3. The number of fused-ring (bicyclic) bond motifs is 3. The highest BCUT2D eigenvalue weighted by Gasteiger charge is 2.39. The predicted octanol–water partition coefficient (Wildman–Crippen LogP) is 5.49. The van der Waals surface area contributed by atoms with Gasteiger partial charge in [-0.05, 0) is 61.2 Å². The quantitative estimate of drug-likeness (QED) is 0.549. The molecule has 0 aromatic heterocycles. The molecule has 0 bridgehead atoms. The van der Waals surface area contributed by atoms with E-state index in [9.17, 15) is 4.79 Å². The van der Waals surface area contributed by atoms with Gasteiger partial charge in [-0.3, -0.25) is 4.79 Å². The van der Waals surface area contributed by atoms with Crippen LogP contribution in [0.3, 0.4) is 0 Å². The van der Waals surface area contributed by atoms with Gasteiger partial charge in [0.2, 0.25) is 0 Å². The third-order valence-electron chi connectivity index (χ3n) is 5.30. The second kappa shape index (κ2) is 6.34. The SMILES string of the molecule is COc1ccc(Br)cc1[C@H]1Nc2ccc(C(C)=O)cc2[C@@H]2C=CC[C@H]12. The highest BCUT2D eigenvalue weighted by molar-refractivity contribution is 9.10. The maximum absolute atomic E-state index is 11.8. The summed E-state index contributed by atoms with van der Waals surface area (Å²) in [4.78, 5) is 11.8. The van der Waals surface area contributed by atoms with Crippen LogP contribution in [0.2, 0.25) is 0 Å². The molecule has 0 saturated heterocycles. The summed E-state index contributed by atoms with van der Waals surface area (Å²) in [7, 11) is 1.72. The molecule has 4 heteroatoms. The van der Waals surface area contributed by atoms with E-state index in [1.165, 1.54) is 5.56 Å². The normalized spacial score (nSPS) is 23.6. The summed E-state index contributed by atoms with van der Waals surface area (Å²) in [5.74, 6) is 1.74. The van der Waals surface area contributed by atoms with Gasteiger partial charge >= 0.3 is 0 Å². The second-order valence-electron chi connectivity index (χ2n) is 6.72. The van der Waals surface area contributed by atoms with Gasteiger partial charge in [-0.1, -0.05) is 28.1 Å². The van der Waals surface area contributed by atoms with Crippen LogP contribution in [0.15, 0.2) is 53.0 Å². The Hall–Kier alpha value is -2.07. The molecular formula is C21H20BrNO2. The highest BCUT2D eigenvalue weighted by atomic mass is 79.9. The van der Waals surface area contributed by atoms with Crippen molar-refractivity contribution < 1.29 is 9.53 Å². The molecule has 1 N–H and O–H groups in total. The Morgan fingerprint density at radius 3 is 2.80 bits per heavy atom. The lowest BCUT2D eigenvalue weighted by Crippen LogP contribution is -2.29. The molecule has 3 atom stereocenters. The van der Waals surface area contributed by atoms with Gasteiger partial charge in [0.25, 0.3) is 0 Å². The number of ketones is 1. The van der Waals surface area contributed by atoms with Crippen LogP contribution in [0, 0.1) is 5.92 Å². The molecule has 4 rings (SSSR count). The lowest BCUT2D eigenvalue weighted by molar-refractivity contribution is 0.101. The Morgan fingerprint density at radius 1 is 1.20 bits per heavy atom. The average molecular weight is 398 g/mol. The van der Waals surface area contributed by atoms with Gasteiger partial charge in [0.15, 0.2) is 5.78 Å². The number of anilines is 1. The molecular weight excluding hydrogens is 378 g/mol. The monoisotopic (exact) mass is 397 g/mol. The minimum Gasteiger partial charge on any atom is -0.496 e. The van der Waals surface area contributed by atoms with Crippen molar-refractivity contribution >= 4 is 27.4 Å². The lowest BCUT2D eigenvalue weighted by Gasteiger charge is -2.38. The van der Waals surface area contributed by atoms with Crippen LogP contribution in [0.5, 0.6) is 5.75 Å². The fraction of sp³-hybridized carbons (Fsp3) is 0.286. The fourth-order valence-corrected chi connectivity index (χ4v) is 4.45. The molecule has 1 aliphatic heterocycles. The summed E-state index contributed by atoms with van der Waals surface area (Å²) in [6.07, 6.45) is 5.55. The molecule has 128 valence electrons. The third-order valence-corrected chi connectivity index (χ3v) is 5.79. The lowest BCUT2D eigenvalue weighted by atomic mass is 9.76. The Bertz CT molecular complexity index is 874. The van der Waals surface area contributed by atoms with Crippen LogP contribution >= 0.6 is 15.9 Å². The number of methoxy groups -OCH3 is 1. The zero-order valence-electron chi connectivity index (χ0n) is 14.3. The van der Waals surface area contributed by atoms with Crippen LogP contribution in [-0.4, -0.2) is 12.9 Å². The molecule has 1 aliphatic carbocycles. The van der Waals surface area contributed by atoms with Crippen LogP contribution in [0.4, 0.5) is 5.69 Å². The summed E-state index contributed by atoms with van der Waals surface area (Å²) in [5, 5.41) is 3.70. The third kappa shape index (κ3) is 2.78. The fourth-order valence-electron chi connectivity index (χ4n) is 4.07. The van der Waals surface area contributed by atoms with E-state index in [0.29, 0.717) is 11.8 Å². The molecule has 0 amide bonds. The van der Waals surface area contributed by atoms with Crippen molar-refractivity contribution in [2.75, 3.05) is 12.4 Å². The van der Waals surface area contributed by atoms with Gasteiger partial charge in [0, 0.05) is 27.2 Å². The molecule has 2 aromatic rings. The first-order valence-corrected chi connectivity index (χ1v) is 9.29. The number of Topliss-reactive ketones (excluding diaryl/α,β-unsaturated/α-hetero) is 1. The minimum atomic E-state index is 0.108. The molecule has 0 unspecified atom stereocenters. The molecule has 0 radical (unpaired) electrons. The Labute approximate surface area is 156 Å². The average Bonchev–Trinajstić information content (AvgIpc) is 3.10. The van der Waals surface area contributed by atoms with E-state index in [4.69, 9.17) is 4.74 Å². The van der Waals surface area contributed by atoms with Crippen molar-refractivity contribution in [1.82, 2.24) is 0 Å². The molecule has 2 aliphatic rings. The van der Waals surface area contributed by atoms with E-state index in [1.807, 2.05) is 30.3 Å². The van der Waals surface area contributed by atoms with Crippen LogP contribution in [-0.2, 0) is 0 Å². The largest absolute Gasteiger partial charge is 0.496 e. The minimum absolute atomic E-state index is 0.108. The van der Waals surface area contributed by atoms with Gasteiger partial charge in [-0.2, -0.15) is 0 Å². The predicted molar refractivity (Wildman–Crippen MR) is 103 cm³/mol. The summed E-state index contributed by atoms with van der Waals surface area (Å²) >= 11 is 3.59. The first-order valence-electron chi connectivity index (χ1n) is 8.50. The molecule has 3 nitrogen and oxygen atoms in total. The number of benzene rings is 2. The van der Waals surface area contributed by atoms with E-state index >= 15 is 0 Å². The number of ether oxygens (including phenoxy) is 1. The Morgan fingerprint density at radius 2 is 2.04 bits per heavy atom. The summed E-state index contributed by atoms with van der Waals surface area (Å²) in [5.41, 5.74) is 4.26. The maximum atomic E-state index is 11.8. The van der Waals surface area contributed by atoms with Crippen LogP contribution in [0.25, 0.3) is 0 Å². The van der Waals surface area contributed by atoms with Crippen LogP contribution in [0.1, 0.15) is 46.8 Å². The Kier molecular flexibility index (Phi) is 4.16. The van der Waals surface area contributed by atoms with E-state index in [1.54, 1.807) is 14.0 Å². The van der Waals surface area contributed by atoms with Gasteiger partial charge in [-0.25, -0.2) is 0 Å². The van der Waals surface area contributed by atoms with E-state index in [0.717, 1.165) is 33.5 Å². The molecule has 0 saturated carbocycles. The molecule has 1 heterocycles. The van der Waals surface area contributed by atoms with E-state index < -0.39 is 0 Å². The molecule has 2 aromatic carbocycles. The number of carbonyl (C=O) groups is 1. The van der Waals surface area contributed by atoms with Gasteiger partial charge in [0.1, 0.15) is 5.75 Å². The van der Waals surface area contributed by atoms with Crippen molar-refractivity contribution in [3.8, 4) is 5.75 Å². The topological polar surface area (TPSA) is 38.3 Å².